The minimum absolute atomic E-state index is 0.322. The number of fused-ring (bicyclic) bond motifs is 1. The van der Waals surface area contributed by atoms with Crippen LogP contribution in [0.15, 0.2) is 84.2 Å². The smallest absolute Gasteiger partial charge is 0.289 e. The van der Waals surface area contributed by atoms with Crippen LogP contribution in [-0.2, 0) is 13.0 Å². The number of nitrogens with zero attached hydrogens (tertiary/aromatic N) is 3. The molecule has 0 aliphatic heterocycles. The van der Waals surface area contributed by atoms with Gasteiger partial charge in [-0.3, -0.25) is 9.78 Å². The van der Waals surface area contributed by atoms with Crippen LogP contribution in [0, 0.1) is 0 Å². The first-order valence-corrected chi connectivity index (χ1v) is 9.64. The minimum atomic E-state index is -0.322. The van der Waals surface area contributed by atoms with E-state index in [2.05, 4.69) is 57.5 Å². The van der Waals surface area contributed by atoms with Gasteiger partial charge < -0.3 is 4.57 Å². The Morgan fingerprint density at radius 2 is 1.83 bits per heavy atom. The zero-order valence-corrected chi connectivity index (χ0v) is 16.2. The fourth-order valence-electron chi connectivity index (χ4n) is 3.27. The number of amides is 1. The molecular weight excluding hydrogens is 360 g/mol. The van der Waals surface area contributed by atoms with E-state index in [1.165, 1.54) is 5.56 Å². The maximum atomic E-state index is 12.3. The highest BCUT2D eigenvalue weighted by atomic mass is 16.2. The van der Waals surface area contributed by atoms with Crippen molar-refractivity contribution in [2.45, 2.75) is 19.9 Å². The van der Waals surface area contributed by atoms with Crippen LogP contribution in [-0.4, -0.2) is 21.7 Å². The number of nitrogens with one attached hydrogen (secondary N) is 1. The van der Waals surface area contributed by atoms with Gasteiger partial charge >= 0.3 is 0 Å². The molecule has 2 aromatic carbocycles. The number of pyridine rings is 1. The molecule has 144 valence electrons. The first-order valence-electron chi connectivity index (χ1n) is 9.64. The number of hydrazone groups is 1. The van der Waals surface area contributed by atoms with Crippen LogP contribution in [0.5, 0.6) is 0 Å². The number of carbonyl (C=O) groups excluding carboxylic acids is 1. The molecule has 4 aromatic rings. The van der Waals surface area contributed by atoms with Crippen LogP contribution in [0.4, 0.5) is 0 Å². The molecule has 1 N–H and O–H groups in total. The molecule has 0 spiro atoms. The molecule has 2 heterocycles. The fraction of sp³-hybridized carbons (Fsp3) is 0.125. The summed E-state index contributed by atoms with van der Waals surface area (Å²) in [5.74, 6) is -0.322. The van der Waals surface area contributed by atoms with Crippen molar-refractivity contribution in [2.75, 3.05) is 0 Å². The van der Waals surface area contributed by atoms with Crippen molar-refractivity contribution >= 4 is 23.0 Å². The van der Waals surface area contributed by atoms with Gasteiger partial charge in [-0.1, -0.05) is 61.5 Å². The van der Waals surface area contributed by atoms with Crippen LogP contribution < -0.4 is 5.43 Å². The monoisotopic (exact) mass is 382 g/mol. The van der Waals surface area contributed by atoms with E-state index in [0.717, 1.165) is 35.0 Å². The molecule has 0 atom stereocenters. The standard InChI is InChI=1S/C24H22N4O/c1-2-18-12-13-22(25-14-18)24(29)27-26-15-20-17-28(16-19-8-4-3-5-9-19)23-11-7-6-10-21(20)23/h3-15,17H,2,16H2,1H3,(H,27,29). The van der Waals surface area contributed by atoms with E-state index < -0.39 is 0 Å². The van der Waals surface area contributed by atoms with Gasteiger partial charge in [0, 0.05) is 35.4 Å². The minimum Gasteiger partial charge on any atom is -0.342 e. The summed E-state index contributed by atoms with van der Waals surface area (Å²) in [6.45, 7) is 2.82. The first-order chi connectivity index (χ1) is 14.2. The van der Waals surface area contributed by atoms with E-state index in [9.17, 15) is 4.79 Å². The zero-order valence-electron chi connectivity index (χ0n) is 16.2. The third kappa shape index (κ3) is 4.24. The lowest BCUT2D eigenvalue weighted by Gasteiger charge is -2.05. The summed E-state index contributed by atoms with van der Waals surface area (Å²) in [7, 11) is 0. The normalized spacial score (nSPS) is 11.2. The van der Waals surface area contributed by atoms with Crippen molar-refractivity contribution in [1.29, 1.82) is 0 Å². The number of hydrogen-bond donors (Lipinski definition) is 1. The zero-order chi connectivity index (χ0) is 20.1. The van der Waals surface area contributed by atoms with Crippen LogP contribution in [0.3, 0.4) is 0 Å². The molecule has 0 bridgehead atoms. The predicted molar refractivity (Wildman–Crippen MR) is 116 cm³/mol. The Morgan fingerprint density at radius 1 is 1.03 bits per heavy atom. The van der Waals surface area contributed by atoms with Crippen molar-refractivity contribution in [2.24, 2.45) is 5.10 Å². The topological polar surface area (TPSA) is 59.3 Å². The van der Waals surface area contributed by atoms with E-state index in [1.807, 2.05) is 36.4 Å². The van der Waals surface area contributed by atoms with Gasteiger partial charge in [0.25, 0.3) is 5.91 Å². The maximum Gasteiger partial charge on any atom is 0.289 e. The summed E-state index contributed by atoms with van der Waals surface area (Å²) >= 11 is 0. The quantitative estimate of drug-likeness (QED) is 0.397. The van der Waals surface area contributed by atoms with Crippen LogP contribution in [0.2, 0.25) is 0 Å². The van der Waals surface area contributed by atoms with Gasteiger partial charge in [-0.05, 0) is 29.7 Å². The number of benzene rings is 2. The van der Waals surface area contributed by atoms with E-state index in [1.54, 1.807) is 18.5 Å². The first kappa shape index (κ1) is 18.6. The lowest BCUT2D eigenvalue weighted by atomic mass is 10.2. The Hall–Kier alpha value is -3.73. The molecule has 5 heteroatoms. The second-order valence-electron chi connectivity index (χ2n) is 6.82. The highest BCUT2D eigenvalue weighted by Crippen LogP contribution is 2.21. The van der Waals surface area contributed by atoms with Crippen LogP contribution in [0.25, 0.3) is 10.9 Å². The average molecular weight is 382 g/mol. The fourth-order valence-corrected chi connectivity index (χ4v) is 3.27. The molecular formula is C24H22N4O. The molecule has 0 aliphatic rings. The molecule has 0 aliphatic carbocycles. The van der Waals surface area contributed by atoms with Gasteiger partial charge in [0.1, 0.15) is 5.69 Å². The summed E-state index contributed by atoms with van der Waals surface area (Å²) in [4.78, 5) is 16.4. The third-order valence-corrected chi connectivity index (χ3v) is 4.85. The number of aromatic nitrogens is 2. The van der Waals surface area contributed by atoms with Crippen LogP contribution >= 0.6 is 0 Å². The van der Waals surface area contributed by atoms with Gasteiger partial charge in [-0.25, -0.2) is 5.43 Å². The van der Waals surface area contributed by atoms with Gasteiger partial charge in [0.15, 0.2) is 0 Å². The van der Waals surface area contributed by atoms with Crippen molar-refractivity contribution < 1.29 is 4.79 Å². The Bertz CT molecular complexity index is 1140. The molecule has 2 aromatic heterocycles. The Balaban J connectivity index is 1.53. The Labute approximate surface area is 169 Å². The number of aryl methyl sites for hydroxylation is 1. The lowest BCUT2D eigenvalue weighted by molar-refractivity contribution is 0.0950. The SMILES string of the molecule is CCc1ccc(C(=O)NN=Cc2cn(Cc3ccccc3)c3ccccc23)nc1. The highest BCUT2D eigenvalue weighted by molar-refractivity contribution is 6.00. The highest BCUT2D eigenvalue weighted by Gasteiger charge is 2.08. The van der Waals surface area contributed by atoms with Crippen molar-refractivity contribution in [3.63, 3.8) is 0 Å². The molecule has 29 heavy (non-hydrogen) atoms. The van der Waals surface area contributed by atoms with E-state index in [-0.39, 0.29) is 5.91 Å². The molecule has 0 unspecified atom stereocenters. The van der Waals surface area contributed by atoms with Gasteiger partial charge in [-0.2, -0.15) is 5.10 Å². The molecule has 0 saturated carbocycles. The van der Waals surface area contributed by atoms with Gasteiger partial charge in [-0.15, -0.1) is 0 Å². The summed E-state index contributed by atoms with van der Waals surface area (Å²) in [6.07, 6.45) is 6.35. The van der Waals surface area contributed by atoms with E-state index in [0.29, 0.717) is 5.69 Å². The third-order valence-electron chi connectivity index (χ3n) is 4.85. The van der Waals surface area contributed by atoms with Gasteiger partial charge in [0.05, 0.1) is 6.21 Å². The number of rotatable bonds is 6. The Morgan fingerprint density at radius 3 is 2.59 bits per heavy atom. The van der Waals surface area contributed by atoms with Crippen molar-refractivity contribution in [3.8, 4) is 0 Å². The van der Waals surface area contributed by atoms with Crippen molar-refractivity contribution in [3.05, 3.63) is 102 Å². The van der Waals surface area contributed by atoms with E-state index >= 15 is 0 Å². The lowest BCUT2D eigenvalue weighted by Crippen LogP contribution is -2.18. The maximum absolute atomic E-state index is 12.3. The molecule has 4 rings (SSSR count). The molecule has 1 amide bonds. The average Bonchev–Trinajstić information content (AvgIpc) is 3.12. The number of para-hydroxylation sites is 1. The largest absolute Gasteiger partial charge is 0.342 e. The molecule has 0 fully saturated rings. The summed E-state index contributed by atoms with van der Waals surface area (Å²) in [6, 6.07) is 22.1. The molecule has 0 saturated heterocycles. The van der Waals surface area contributed by atoms with Crippen LogP contribution in [0.1, 0.15) is 34.1 Å². The van der Waals surface area contributed by atoms with Gasteiger partial charge in [0.2, 0.25) is 0 Å². The van der Waals surface area contributed by atoms with Crippen molar-refractivity contribution in [1.82, 2.24) is 15.0 Å². The predicted octanol–water partition coefficient (Wildman–Crippen LogP) is 4.41. The second-order valence-corrected chi connectivity index (χ2v) is 6.82. The molecule has 5 nitrogen and oxygen atoms in total. The number of carbonyl (C=O) groups is 1. The summed E-state index contributed by atoms with van der Waals surface area (Å²) in [5, 5.41) is 5.24. The second kappa shape index (κ2) is 8.52. The molecule has 0 radical (unpaired) electrons. The Kier molecular flexibility index (Phi) is 5.47. The summed E-state index contributed by atoms with van der Waals surface area (Å²) in [5.41, 5.74) is 7.32. The van der Waals surface area contributed by atoms with E-state index in [4.69, 9.17) is 0 Å². The summed E-state index contributed by atoms with van der Waals surface area (Å²) < 4.78 is 2.19. The number of hydrogen-bond acceptors (Lipinski definition) is 3.